The van der Waals surface area contributed by atoms with Gasteiger partial charge < -0.3 is 20.1 Å². The van der Waals surface area contributed by atoms with Crippen LogP contribution in [0.15, 0.2) is 48.5 Å². The molecule has 0 aromatic heterocycles. The van der Waals surface area contributed by atoms with E-state index >= 15 is 0 Å². The van der Waals surface area contributed by atoms with Crippen LogP contribution in [0.4, 0.5) is 10.5 Å². The van der Waals surface area contributed by atoms with Crippen molar-refractivity contribution >= 4 is 11.7 Å². The normalized spacial score (nSPS) is 11.7. The van der Waals surface area contributed by atoms with E-state index in [-0.39, 0.29) is 12.1 Å². The number of hydrogen-bond donors (Lipinski definition) is 2. The predicted molar refractivity (Wildman–Crippen MR) is 96.0 cm³/mol. The van der Waals surface area contributed by atoms with E-state index in [1.54, 1.807) is 31.4 Å². The van der Waals surface area contributed by atoms with Crippen molar-refractivity contribution in [3.8, 4) is 17.2 Å². The number of nitrogens with one attached hydrogen (secondary N) is 2. The zero-order valence-corrected chi connectivity index (χ0v) is 14.5. The molecule has 0 aliphatic rings. The number of amides is 2. The molecule has 0 radical (unpaired) electrons. The Morgan fingerprint density at radius 3 is 2.17 bits per heavy atom. The summed E-state index contributed by atoms with van der Waals surface area (Å²) in [7, 11) is 1.60. The molecule has 5 nitrogen and oxygen atoms in total. The summed E-state index contributed by atoms with van der Waals surface area (Å²) in [5.74, 6) is 2.36. The molecule has 128 valence electrons. The van der Waals surface area contributed by atoms with Crippen LogP contribution in [0.25, 0.3) is 0 Å². The van der Waals surface area contributed by atoms with E-state index in [1.807, 2.05) is 31.2 Å². The Hall–Kier alpha value is -2.69. The number of benzene rings is 2. The zero-order chi connectivity index (χ0) is 17.5. The third-order valence-electron chi connectivity index (χ3n) is 3.77. The second kappa shape index (κ2) is 8.24. The number of carbonyl (C=O) groups excluding carboxylic acids is 1. The largest absolute Gasteiger partial charge is 0.493 e. The molecule has 0 saturated heterocycles. The number of rotatable bonds is 6. The lowest BCUT2D eigenvalue weighted by Gasteiger charge is -2.18. The summed E-state index contributed by atoms with van der Waals surface area (Å²) in [6.07, 6.45) is 0. The van der Waals surface area contributed by atoms with Crippen molar-refractivity contribution in [2.75, 3.05) is 12.4 Å². The molecule has 2 aromatic carbocycles. The molecule has 0 fully saturated rings. The van der Waals surface area contributed by atoms with Crippen molar-refractivity contribution in [3.63, 3.8) is 0 Å². The summed E-state index contributed by atoms with van der Waals surface area (Å²) < 4.78 is 11.1. The number of ether oxygens (including phenoxy) is 2. The van der Waals surface area contributed by atoms with Crippen LogP contribution in [0, 0.1) is 5.92 Å². The molecule has 1 unspecified atom stereocenters. The van der Waals surface area contributed by atoms with Crippen LogP contribution in [0.3, 0.4) is 0 Å². The minimum atomic E-state index is -0.213. The van der Waals surface area contributed by atoms with Crippen molar-refractivity contribution in [2.45, 2.75) is 26.8 Å². The van der Waals surface area contributed by atoms with Crippen molar-refractivity contribution in [3.05, 3.63) is 48.5 Å². The molecule has 5 heteroatoms. The Labute approximate surface area is 143 Å². The van der Waals surface area contributed by atoms with Gasteiger partial charge in [0.1, 0.15) is 5.75 Å². The highest BCUT2D eigenvalue weighted by molar-refractivity contribution is 5.89. The van der Waals surface area contributed by atoms with Crippen LogP contribution < -0.4 is 20.1 Å². The summed E-state index contributed by atoms with van der Waals surface area (Å²) in [6.45, 7) is 6.11. The summed E-state index contributed by atoms with van der Waals surface area (Å²) in [4.78, 5) is 11.9. The fraction of sp³-hybridized carbons (Fsp3) is 0.316. The molecule has 0 bridgehead atoms. The van der Waals surface area contributed by atoms with Crippen molar-refractivity contribution < 1.29 is 14.3 Å². The van der Waals surface area contributed by atoms with Gasteiger partial charge in [0.25, 0.3) is 0 Å². The lowest BCUT2D eigenvalue weighted by molar-refractivity contribution is 0.246. The van der Waals surface area contributed by atoms with E-state index in [0.29, 0.717) is 28.9 Å². The van der Waals surface area contributed by atoms with Crippen molar-refractivity contribution in [1.82, 2.24) is 5.32 Å². The smallest absolute Gasteiger partial charge is 0.319 e. The topological polar surface area (TPSA) is 59.6 Å². The van der Waals surface area contributed by atoms with Gasteiger partial charge in [-0.2, -0.15) is 0 Å². The zero-order valence-electron chi connectivity index (χ0n) is 14.5. The Morgan fingerprint density at radius 2 is 1.58 bits per heavy atom. The van der Waals surface area contributed by atoms with Gasteiger partial charge in [-0.3, -0.25) is 0 Å². The van der Waals surface area contributed by atoms with Gasteiger partial charge in [-0.25, -0.2) is 4.79 Å². The number of urea groups is 1. The van der Waals surface area contributed by atoms with Crippen molar-refractivity contribution in [2.24, 2.45) is 5.92 Å². The van der Waals surface area contributed by atoms with E-state index < -0.39 is 0 Å². The Kier molecular flexibility index (Phi) is 6.07. The average molecular weight is 328 g/mol. The number of hydrogen-bond acceptors (Lipinski definition) is 3. The quantitative estimate of drug-likeness (QED) is 0.811. The number of carbonyl (C=O) groups is 1. The molecule has 2 N–H and O–H groups in total. The van der Waals surface area contributed by atoms with Crippen LogP contribution in [0.5, 0.6) is 17.2 Å². The molecule has 0 aliphatic heterocycles. The van der Waals surface area contributed by atoms with Gasteiger partial charge in [-0.1, -0.05) is 26.0 Å². The third-order valence-corrected chi connectivity index (χ3v) is 3.77. The highest BCUT2D eigenvalue weighted by atomic mass is 16.5. The van der Waals surface area contributed by atoms with Gasteiger partial charge in [0.2, 0.25) is 0 Å². The fourth-order valence-electron chi connectivity index (χ4n) is 1.98. The molecule has 0 heterocycles. The molecule has 1 atom stereocenters. The van der Waals surface area contributed by atoms with E-state index in [4.69, 9.17) is 9.47 Å². The summed E-state index contributed by atoms with van der Waals surface area (Å²) >= 11 is 0. The lowest BCUT2D eigenvalue weighted by Crippen LogP contribution is -2.38. The predicted octanol–water partition coefficient (Wildman–Crippen LogP) is 4.65. The lowest BCUT2D eigenvalue weighted by atomic mass is 10.1. The first-order valence-electron chi connectivity index (χ1n) is 7.98. The van der Waals surface area contributed by atoms with Gasteiger partial charge >= 0.3 is 6.03 Å². The maximum absolute atomic E-state index is 11.9. The number of para-hydroxylation sites is 2. The molecular formula is C19H24N2O3. The van der Waals surface area contributed by atoms with Gasteiger partial charge in [-0.15, -0.1) is 0 Å². The maximum Gasteiger partial charge on any atom is 0.319 e. The molecule has 2 rings (SSSR count). The van der Waals surface area contributed by atoms with Gasteiger partial charge in [0, 0.05) is 11.7 Å². The van der Waals surface area contributed by atoms with Gasteiger partial charge in [0.05, 0.1) is 7.11 Å². The molecule has 0 saturated carbocycles. The van der Waals surface area contributed by atoms with E-state index in [1.165, 1.54) is 0 Å². The monoisotopic (exact) mass is 328 g/mol. The molecule has 24 heavy (non-hydrogen) atoms. The minimum Gasteiger partial charge on any atom is -0.493 e. The molecule has 0 spiro atoms. The van der Waals surface area contributed by atoms with E-state index in [2.05, 4.69) is 24.5 Å². The van der Waals surface area contributed by atoms with Crippen molar-refractivity contribution in [1.29, 1.82) is 0 Å². The van der Waals surface area contributed by atoms with Crippen LogP contribution in [-0.2, 0) is 0 Å². The summed E-state index contributed by atoms with van der Waals surface area (Å²) in [6, 6.07) is 14.5. The number of methoxy groups -OCH3 is 1. The third kappa shape index (κ3) is 4.91. The second-order valence-corrected chi connectivity index (χ2v) is 5.91. The SMILES string of the molecule is COc1ccccc1Oc1ccc(NC(=O)NC(C)C(C)C)cc1. The Bertz CT molecular complexity index is 669. The molecule has 2 amide bonds. The number of anilines is 1. The average Bonchev–Trinajstić information content (AvgIpc) is 2.57. The molecule has 2 aromatic rings. The van der Waals surface area contributed by atoms with Crippen LogP contribution in [-0.4, -0.2) is 19.2 Å². The Balaban J connectivity index is 1.97. The van der Waals surface area contributed by atoms with Gasteiger partial charge in [-0.05, 0) is 49.2 Å². The first-order chi connectivity index (χ1) is 11.5. The Morgan fingerprint density at radius 1 is 0.958 bits per heavy atom. The van der Waals surface area contributed by atoms with Crippen LogP contribution >= 0.6 is 0 Å². The van der Waals surface area contributed by atoms with E-state index in [9.17, 15) is 4.79 Å². The molecule has 0 aliphatic carbocycles. The highest BCUT2D eigenvalue weighted by Crippen LogP contribution is 2.31. The fourth-order valence-corrected chi connectivity index (χ4v) is 1.98. The molecular weight excluding hydrogens is 304 g/mol. The summed E-state index contributed by atoms with van der Waals surface area (Å²) in [5, 5.41) is 5.71. The second-order valence-electron chi connectivity index (χ2n) is 5.91. The standard InChI is InChI=1S/C19H24N2O3/c1-13(2)14(3)20-19(22)21-15-9-11-16(12-10-15)24-18-8-6-5-7-17(18)23-4/h5-14H,1-4H3,(H2,20,21,22). The minimum absolute atomic E-state index is 0.109. The van der Waals surface area contributed by atoms with Gasteiger partial charge in [0.15, 0.2) is 11.5 Å². The highest BCUT2D eigenvalue weighted by Gasteiger charge is 2.11. The van der Waals surface area contributed by atoms with E-state index in [0.717, 1.165) is 0 Å². The summed E-state index contributed by atoms with van der Waals surface area (Å²) in [5.41, 5.74) is 0.704. The first kappa shape index (κ1) is 17.7. The van der Waals surface area contributed by atoms with Crippen LogP contribution in [0.2, 0.25) is 0 Å². The maximum atomic E-state index is 11.9. The first-order valence-corrected chi connectivity index (χ1v) is 7.98. The van der Waals surface area contributed by atoms with Crippen LogP contribution in [0.1, 0.15) is 20.8 Å².